The molecular formula is C13H16ClFN2O4S. The topological polar surface area (TPSA) is 71.0 Å². The average molecular weight is 351 g/mol. The molecule has 22 heavy (non-hydrogen) atoms. The number of rotatable bonds is 5. The zero-order valence-electron chi connectivity index (χ0n) is 11.8. The van der Waals surface area contributed by atoms with Gasteiger partial charge < -0.3 is 14.0 Å². The molecule has 0 spiro atoms. The normalized spacial score (nSPS) is 18.3. The maximum Gasteiger partial charge on any atom is 0.264 e. The fourth-order valence-electron chi connectivity index (χ4n) is 1.88. The van der Waals surface area contributed by atoms with E-state index in [1.54, 1.807) is 7.05 Å². The predicted molar refractivity (Wildman–Crippen MR) is 80.8 cm³/mol. The molecule has 0 bridgehead atoms. The Morgan fingerprint density at radius 2 is 2.36 bits per heavy atom. The standard InChI is InChI=1S/C13H16ClFN2O4S/c1-17(16-13(19)11-4-2-3-5-20-11)22-21-8-6-9(14)12(18)10(15)7-8/h6-7,11,18H,2-5H2,1H3,(H,16,19). The van der Waals surface area contributed by atoms with E-state index >= 15 is 0 Å². The summed E-state index contributed by atoms with van der Waals surface area (Å²) in [4.78, 5) is 11.9. The minimum Gasteiger partial charge on any atom is -0.504 e. The van der Waals surface area contributed by atoms with Crippen molar-refractivity contribution >= 4 is 29.7 Å². The number of phenols is 1. The number of hydrogen-bond donors (Lipinski definition) is 2. The van der Waals surface area contributed by atoms with Gasteiger partial charge in [-0.25, -0.2) is 4.39 Å². The third-order valence-electron chi connectivity index (χ3n) is 2.98. The van der Waals surface area contributed by atoms with Gasteiger partial charge in [0, 0.05) is 25.8 Å². The molecule has 2 N–H and O–H groups in total. The summed E-state index contributed by atoms with van der Waals surface area (Å²) in [7, 11) is 1.57. The number of aromatic hydroxyl groups is 1. The van der Waals surface area contributed by atoms with Crippen molar-refractivity contribution in [3.8, 4) is 11.5 Å². The number of carbonyl (C=O) groups excluding carboxylic acids is 1. The van der Waals surface area contributed by atoms with Crippen LogP contribution in [0, 0.1) is 5.82 Å². The maximum atomic E-state index is 13.3. The molecule has 1 saturated heterocycles. The maximum absolute atomic E-state index is 13.3. The van der Waals surface area contributed by atoms with Crippen molar-refractivity contribution in [1.29, 1.82) is 0 Å². The quantitative estimate of drug-likeness (QED) is 0.483. The van der Waals surface area contributed by atoms with Gasteiger partial charge in [0.05, 0.1) is 5.02 Å². The lowest BCUT2D eigenvalue weighted by atomic mass is 10.1. The molecule has 0 aliphatic carbocycles. The smallest absolute Gasteiger partial charge is 0.264 e. The Labute approximate surface area is 136 Å². The SMILES string of the molecule is CN(NC(=O)C1CCCCO1)SOc1cc(F)c(O)c(Cl)c1. The summed E-state index contributed by atoms with van der Waals surface area (Å²) in [6.45, 7) is 0.580. The molecule has 1 aliphatic heterocycles. The number of amides is 1. The average Bonchev–Trinajstić information content (AvgIpc) is 2.51. The van der Waals surface area contributed by atoms with E-state index in [0.29, 0.717) is 13.0 Å². The van der Waals surface area contributed by atoms with Gasteiger partial charge in [-0.15, -0.1) is 4.41 Å². The van der Waals surface area contributed by atoms with Crippen molar-refractivity contribution in [2.45, 2.75) is 25.4 Å². The van der Waals surface area contributed by atoms with Gasteiger partial charge in [0.15, 0.2) is 23.8 Å². The zero-order valence-corrected chi connectivity index (χ0v) is 13.4. The summed E-state index contributed by atoms with van der Waals surface area (Å²) >= 11 is 6.43. The fourth-order valence-corrected chi connectivity index (χ4v) is 2.50. The molecule has 1 aromatic rings. The molecule has 1 fully saturated rings. The predicted octanol–water partition coefficient (Wildman–Crippen LogP) is 2.66. The van der Waals surface area contributed by atoms with Crippen LogP contribution in [0.25, 0.3) is 0 Å². The van der Waals surface area contributed by atoms with E-state index in [0.717, 1.165) is 31.1 Å². The number of ether oxygens (including phenoxy) is 1. The van der Waals surface area contributed by atoms with Crippen molar-refractivity contribution in [1.82, 2.24) is 9.84 Å². The number of benzene rings is 1. The van der Waals surface area contributed by atoms with E-state index < -0.39 is 17.7 Å². The van der Waals surface area contributed by atoms with Gasteiger partial charge in [-0.2, -0.15) is 0 Å². The van der Waals surface area contributed by atoms with Crippen molar-refractivity contribution in [2.75, 3.05) is 13.7 Å². The van der Waals surface area contributed by atoms with Gasteiger partial charge in [-0.3, -0.25) is 10.2 Å². The van der Waals surface area contributed by atoms with Crippen LogP contribution in [0.15, 0.2) is 12.1 Å². The highest BCUT2D eigenvalue weighted by molar-refractivity contribution is 7.92. The van der Waals surface area contributed by atoms with Crippen molar-refractivity contribution in [3.63, 3.8) is 0 Å². The number of carbonyl (C=O) groups is 1. The molecule has 1 unspecified atom stereocenters. The molecule has 9 heteroatoms. The third kappa shape index (κ3) is 4.64. The second kappa shape index (κ2) is 7.87. The van der Waals surface area contributed by atoms with Gasteiger partial charge in [0.2, 0.25) is 0 Å². The minimum absolute atomic E-state index is 0.111. The van der Waals surface area contributed by atoms with Crippen LogP contribution >= 0.6 is 23.8 Å². The lowest BCUT2D eigenvalue weighted by Crippen LogP contribution is -2.44. The number of nitrogens with one attached hydrogen (secondary N) is 1. The van der Waals surface area contributed by atoms with E-state index in [1.807, 2.05) is 0 Å². The lowest BCUT2D eigenvalue weighted by Gasteiger charge is -2.24. The second-order valence-corrected chi connectivity index (χ2v) is 5.99. The number of nitrogens with zero attached hydrogens (tertiary/aromatic N) is 1. The Morgan fingerprint density at radius 1 is 1.59 bits per heavy atom. The van der Waals surface area contributed by atoms with Crippen LogP contribution in [0.2, 0.25) is 5.02 Å². The van der Waals surface area contributed by atoms with Gasteiger partial charge in [-0.1, -0.05) is 11.6 Å². The highest BCUT2D eigenvalue weighted by atomic mass is 35.5. The summed E-state index contributed by atoms with van der Waals surface area (Å²) in [5, 5.41) is 9.07. The van der Waals surface area contributed by atoms with Crippen LogP contribution < -0.4 is 9.61 Å². The first kappa shape index (κ1) is 17.1. The molecule has 0 aromatic heterocycles. The molecule has 1 heterocycles. The molecule has 122 valence electrons. The highest BCUT2D eigenvalue weighted by Crippen LogP contribution is 2.32. The summed E-state index contributed by atoms with van der Waals surface area (Å²) < 4.78 is 25.2. The van der Waals surface area contributed by atoms with Gasteiger partial charge in [0.25, 0.3) is 5.91 Å². The van der Waals surface area contributed by atoms with Crippen molar-refractivity contribution < 1.29 is 23.2 Å². The summed E-state index contributed by atoms with van der Waals surface area (Å²) in [5.41, 5.74) is 2.59. The Balaban J connectivity index is 1.82. The molecule has 0 saturated carbocycles. The molecule has 1 aromatic carbocycles. The Kier molecular flexibility index (Phi) is 6.13. The van der Waals surface area contributed by atoms with Crippen molar-refractivity contribution in [3.05, 3.63) is 23.0 Å². The van der Waals surface area contributed by atoms with Gasteiger partial charge in [0.1, 0.15) is 11.9 Å². The van der Waals surface area contributed by atoms with Gasteiger partial charge in [-0.05, 0) is 19.3 Å². The van der Waals surface area contributed by atoms with Crippen LogP contribution in [-0.2, 0) is 9.53 Å². The van der Waals surface area contributed by atoms with Crippen LogP contribution in [0.4, 0.5) is 4.39 Å². The van der Waals surface area contributed by atoms with Crippen LogP contribution in [0.5, 0.6) is 11.5 Å². The van der Waals surface area contributed by atoms with Crippen LogP contribution in [0.3, 0.4) is 0 Å². The number of hydrogen-bond acceptors (Lipinski definition) is 6. The number of hydrazine groups is 1. The Hall–Kier alpha value is -1.22. The van der Waals surface area contributed by atoms with Crippen LogP contribution in [0.1, 0.15) is 19.3 Å². The summed E-state index contributed by atoms with van der Waals surface area (Å²) in [6.07, 6.45) is 2.14. The number of phenolic OH excluding ortho intramolecular Hbond substituents is 1. The first-order chi connectivity index (χ1) is 10.5. The zero-order chi connectivity index (χ0) is 16.1. The third-order valence-corrected chi connectivity index (χ3v) is 3.85. The molecule has 1 aliphatic rings. The Bertz CT molecular complexity index is 520. The lowest BCUT2D eigenvalue weighted by molar-refractivity contribution is -0.138. The van der Waals surface area contributed by atoms with Crippen LogP contribution in [-0.4, -0.2) is 35.2 Å². The monoisotopic (exact) mass is 350 g/mol. The summed E-state index contributed by atoms with van der Waals surface area (Å²) in [5.74, 6) is -1.66. The highest BCUT2D eigenvalue weighted by Gasteiger charge is 2.23. The molecule has 6 nitrogen and oxygen atoms in total. The summed E-state index contributed by atoms with van der Waals surface area (Å²) in [6, 6.07) is 2.26. The number of halogens is 2. The molecule has 1 amide bonds. The molecule has 2 rings (SSSR count). The van der Waals surface area contributed by atoms with E-state index in [2.05, 4.69) is 5.43 Å². The first-order valence-corrected chi connectivity index (χ1v) is 7.73. The first-order valence-electron chi connectivity index (χ1n) is 6.66. The molecule has 0 radical (unpaired) electrons. The molecule has 1 atom stereocenters. The van der Waals surface area contributed by atoms with E-state index in [-0.39, 0.29) is 16.7 Å². The second-order valence-electron chi connectivity index (χ2n) is 4.72. The van der Waals surface area contributed by atoms with E-state index in [4.69, 9.17) is 20.5 Å². The van der Waals surface area contributed by atoms with E-state index in [1.165, 1.54) is 10.5 Å². The largest absolute Gasteiger partial charge is 0.504 e. The fraction of sp³-hybridized carbons (Fsp3) is 0.462. The minimum atomic E-state index is -0.884. The van der Waals surface area contributed by atoms with Crippen molar-refractivity contribution in [2.24, 2.45) is 0 Å². The Morgan fingerprint density at radius 3 is 3.00 bits per heavy atom. The molecular weight excluding hydrogens is 335 g/mol. The van der Waals surface area contributed by atoms with Gasteiger partial charge >= 0.3 is 0 Å². The van der Waals surface area contributed by atoms with E-state index in [9.17, 15) is 14.3 Å².